The summed E-state index contributed by atoms with van der Waals surface area (Å²) in [7, 11) is 0. The molecule has 2 aromatic rings. The number of carboxylic acid groups (broad SMARTS) is 1. The number of nitrogens with zero attached hydrogens (tertiary/aromatic N) is 2. The summed E-state index contributed by atoms with van der Waals surface area (Å²) in [5, 5.41) is 10.4. The van der Waals surface area contributed by atoms with Crippen LogP contribution in [0.2, 0.25) is 5.02 Å². The summed E-state index contributed by atoms with van der Waals surface area (Å²) in [6, 6.07) is 7.02. The Labute approximate surface area is 154 Å². The number of carboxylic acids is 1. The Bertz CT molecular complexity index is 790. The van der Waals surface area contributed by atoms with Crippen molar-refractivity contribution in [3.05, 3.63) is 44.9 Å². The number of hydrogen-bond donors (Lipinski definition) is 1. The van der Waals surface area contributed by atoms with Crippen LogP contribution in [-0.4, -0.2) is 40.0 Å². The van der Waals surface area contributed by atoms with Crippen molar-refractivity contribution < 1.29 is 19.4 Å². The summed E-state index contributed by atoms with van der Waals surface area (Å²) in [6.07, 6.45) is 0.492. The first kappa shape index (κ1) is 17.7. The molecule has 1 amide bonds. The molecule has 8 heteroatoms. The normalized spacial score (nSPS) is 16.9. The molecule has 0 aliphatic carbocycles. The minimum absolute atomic E-state index is 0.156. The van der Waals surface area contributed by atoms with Crippen LogP contribution >= 0.6 is 22.9 Å². The zero-order chi connectivity index (χ0) is 18.0. The highest BCUT2D eigenvalue weighted by Gasteiger charge is 2.32. The third-order valence-corrected chi connectivity index (χ3v) is 5.41. The lowest BCUT2D eigenvalue weighted by atomic mass is 10.1. The second kappa shape index (κ2) is 7.41. The van der Waals surface area contributed by atoms with Gasteiger partial charge in [-0.3, -0.25) is 9.59 Å². The van der Waals surface area contributed by atoms with Gasteiger partial charge in [0.05, 0.1) is 11.6 Å². The molecule has 1 aliphatic rings. The number of halogens is 1. The number of rotatable bonds is 5. The van der Waals surface area contributed by atoms with Crippen molar-refractivity contribution >= 4 is 34.8 Å². The molecule has 1 aliphatic heterocycles. The Kier molecular flexibility index (Phi) is 5.24. The molecule has 1 aromatic heterocycles. The van der Waals surface area contributed by atoms with Crippen molar-refractivity contribution in [3.63, 3.8) is 0 Å². The molecular formula is C17H17ClN2O4S. The second-order valence-corrected chi connectivity index (χ2v) is 7.36. The van der Waals surface area contributed by atoms with Gasteiger partial charge in [0.15, 0.2) is 0 Å². The predicted molar refractivity (Wildman–Crippen MR) is 94.3 cm³/mol. The summed E-state index contributed by atoms with van der Waals surface area (Å²) in [6.45, 7) is 2.75. The molecule has 0 bridgehead atoms. The summed E-state index contributed by atoms with van der Waals surface area (Å²) < 4.78 is 5.66. The van der Waals surface area contributed by atoms with Crippen molar-refractivity contribution in [3.8, 4) is 5.75 Å². The molecule has 1 aromatic carbocycles. The van der Waals surface area contributed by atoms with Gasteiger partial charge in [0.25, 0.3) is 5.91 Å². The van der Waals surface area contributed by atoms with Crippen LogP contribution in [0.15, 0.2) is 24.3 Å². The van der Waals surface area contributed by atoms with Gasteiger partial charge in [-0.25, -0.2) is 4.98 Å². The van der Waals surface area contributed by atoms with E-state index in [0.717, 1.165) is 0 Å². The zero-order valence-corrected chi connectivity index (χ0v) is 15.1. The van der Waals surface area contributed by atoms with E-state index < -0.39 is 11.9 Å². The van der Waals surface area contributed by atoms with Crippen LogP contribution in [0.4, 0.5) is 0 Å². The van der Waals surface area contributed by atoms with E-state index in [1.807, 2.05) is 0 Å². The van der Waals surface area contributed by atoms with E-state index in [9.17, 15) is 9.59 Å². The molecule has 0 saturated carbocycles. The number of thiazole rings is 1. The predicted octanol–water partition coefficient (Wildman–Crippen LogP) is 3.23. The molecular weight excluding hydrogens is 364 g/mol. The molecule has 0 unspecified atom stereocenters. The van der Waals surface area contributed by atoms with Crippen molar-refractivity contribution in [2.24, 2.45) is 5.92 Å². The molecule has 1 atom stereocenters. The maximum atomic E-state index is 12.6. The highest BCUT2D eigenvalue weighted by molar-refractivity contribution is 7.13. The van der Waals surface area contributed by atoms with Crippen LogP contribution in [0.3, 0.4) is 0 Å². The standard InChI is InChI=1S/C17H17ClN2O4S/c1-10-15(16(21)20-7-6-11(8-20)17(22)23)25-14(19-10)9-24-13-4-2-12(18)3-5-13/h2-5,11H,6-9H2,1H3,(H,22,23)/t11-/m0/s1. The van der Waals surface area contributed by atoms with E-state index in [2.05, 4.69) is 4.98 Å². The average Bonchev–Trinajstić information content (AvgIpc) is 3.21. The number of aromatic nitrogens is 1. The Morgan fingerprint density at radius 1 is 1.40 bits per heavy atom. The maximum absolute atomic E-state index is 12.6. The molecule has 132 valence electrons. The third-order valence-electron chi connectivity index (χ3n) is 4.04. The Morgan fingerprint density at radius 2 is 2.12 bits per heavy atom. The zero-order valence-electron chi connectivity index (χ0n) is 13.6. The molecule has 25 heavy (non-hydrogen) atoms. The summed E-state index contributed by atoms with van der Waals surface area (Å²) in [5.74, 6) is -0.816. The molecule has 1 N–H and O–H groups in total. The third kappa shape index (κ3) is 4.11. The lowest BCUT2D eigenvalue weighted by Crippen LogP contribution is -2.29. The van der Waals surface area contributed by atoms with Gasteiger partial charge in [0, 0.05) is 18.1 Å². The lowest BCUT2D eigenvalue weighted by molar-refractivity contribution is -0.141. The maximum Gasteiger partial charge on any atom is 0.308 e. The Hall–Kier alpha value is -2.12. The topological polar surface area (TPSA) is 79.7 Å². The minimum Gasteiger partial charge on any atom is -0.486 e. The molecule has 0 radical (unpaired) electrons. The Morgan fingerprint density at radius 3 is 2.76 bits per heavy atom. The van der Waals surface area contributed by atoms with Crippen LogP contribution in [-0.2, 0) is 11.4 Å². The summed E-state index contributed by atoms with van der Waals surface area (Å²) >= 11 is 7.12. The van der Waals surface area contributed by atoms with Gasteiger partial charge in [-0.05, 0) is 37.6 Å². The average molecular weight is 381 g/mol. The van der Waals surface area contributed by atoms with Crippen molar-refractivity contribution in [2.75, 3.05) is 13.1 Å². The molecule has 1 fully saturated rings. The number of aliphatic carboxylic acids is 1. The van der Waals surface area contributed by atoms with Gasteiger partial charge in [0.1, 0.15) is 22.2 Å². The highest BCUT2D eigenvalue weighted by Crippen LogP contribution is 2.25. The summed E-state index contributed by atoms with van der Waals surface area (Å²) in [5.41, 5.74) is 0.642. The monoisotopic (exact) mass is 380 g/mol. The molecule has 6 nitrogen and oxygen atoms in total. The van der Waals surface area contributed by atoms with E-state index in [4.69, 9.17) is 21.4 Å². The molecule has 1 saturated heterocycles. The van der Waals surface area contributed by atoms with Gasteiger partial charge in [-0.2, -0.15) is 0 Å². The van der Waals surface area contributed by atoms with Crippen LogP contribution in [0.25, 0.3) is 0 Å². The first-order valence-corrected chi connectivity index (χ1v) is 9.00. The van der Waals surface area contributed by atoms with Crippen LogP contribution in [0.5, 0.6) is 5.75 Å². The number of aryl methyl sites for hydroxylation is 1. The smallest absolute Gasteiger partial charge is 0.308 e. The fourth-order valence-corrected chi connectivity index (χ4v) is 3.75. The van der Waals surface area contributed by atoms with Gasteiger partial charge >= 0.3 is 5.97 Å². The van der Waals surface area contributed by atoms with Gasteiger partial charge in [0.2, 0.25) is 0 Å². The van der Waals surface area contributed by atoms with Gasteiger partial charge in [-0.1, -0.05) is 11.6 Å². The fraction of sp³-hybridized carbons (Fsp3) is 0.353. The van der Waals surface area contributed by atoms with Crippen molar-refractivity contribution in [1.29, 1.82) is 0 Å². The van der Waals surface area contributed by atoms with Gasteiger partial charge in [-0.15, -0.1) is 11.3 Å². The highest BCUT2D eigenvalue weighted by atomic mass is 35.5. The van der Waals surface area contributed by atoms with E-state index in [0.29, 0.717) is 39.3 Å². The van der Waals surface area contributed by atoms with Crippen molar-refractivity contribution in [2.45, 2.75) is 20.0 Å². The SMILES string of the molecule is Cc1nc(COc2ccc(Cl)cc2)sc1C(=O)N1CC[C@H](C(=O)O)C1. The number of benzene rings is 1. The number of carbonyl (C=O) groups excluding carboxylic acids is 1. The number of ether oxygens (including phenoxy) is 1. The van der Waals surface area contributed by atoms with E-state index >= 15 is 0 Å². The van der Waals surface area contributed by atoms with Crippen molar-refractivity contribution in [1.82, 2.24) is 9.88 Å². The number of hydrogen-bond acceptors (Lipinski definition) is 5. The summed E-state index contributed by atoms with van der Waals surface area (Å²) in [4.78, 5) is 30.2. The van der Waals surface area contributed by atoms with Gasteiger partial charge < -0.3 is 14.7 Å². The van der Waals surface area contributed by atoms with E-state index in [1.54, 1.807) is 36.1 Å². The number of likely N-dealkylation sites (tertiary alicyclic amines) is 1. The van der Waals surface area contributed by atoms with Crippen LogP contribution < -0.4 is 4.74 Å². The quantitative estimate of drug-likeness (QED) is 0.861. The molecule has 3 rings (SSSR count). The molecule has 2 heterocycles. The van der Waals surface area contributed by atoms with Crippen LogP contribution in [0, 0.1) is 12.8 Å². The second-order valence-electron chi connectivity index (χ2n) is 5.84. The minimum atomic E-state index is -0.853. The van der Waals surface area contributed by atoms with E-state index in [1.165, 1.54) is 11.3 Å². The first-order valence-electron chi connectivity index (χ1n) is 7.81. The number of amides is 1. The largest absolute Gasteiger partial charge is 0.486 e. The van der Waals surface area contributed by atoms with E-state index in [-0.39, 0.29) is 19.1 Å². The lowest BCUT2D eigenvalue weighted by Gasteiger charge is -2.14. The van der Waals surface area contributed by atoms with Crippen LogP contribution in [0.1, 0.15) is 26.8 Å². The molecule has 0 spiro atoms. The Balaban J connectivity index is 1.64. The first-order chi connectivity index (χ1) is 11.9. The number of carbonyl (C=O) groups is 2. The fourth-order valence-electron chi connectivity index (χ4n) is 2.68.